The normalized spacial score (nSPS) is 22.8. The number of piperidine rings is 2. The van der Waals surface area contributed by atoms with Gasteiger partial charge in [0, 0.05) is 52.5 Å². The van der Waals surface area contributed by atoms with Gasteiger partial charge < -0.3 is 19.6 Å². The average Bonchev–Trinajstić information content (AvgIpc) is 2.96. The third kappa shape index (κ3) is 4.04. The van der Waals surface area contributed by atoms with E-state index in [1.807, 2.05) is 4.90 Å². The number of urea groups is 1. The van der Waals surface area contributed by atoms with Gasteiger partial charge in [-0.2, -0.15) is 4.98 Å². The fourth-order valence-electron chi connectivity index (χ4n) is 3.42. The SMILES string of the molecule is Cc1nc(CC2CCN(C(=O)NC3CCC(=O)N(C)C3)CC2)no1. The minimum Gasteiger partial charge on any atom is -0.344 e. The standard InChI is InChI=1S/C16H25N5O3/c1-11-17-14(19-24-11)9-12-5-7-21(8-6-12)16(23)18-13-3-4-15(22)20(2)10-13/h12-13H,3-10H2,1-2H3,(H,18,23). The predicted octanol–water partition coefficient (Wildman–Crippen LogP) is 0.963. The smallest absolute Gasteiger partial charge is 0.317 e. The lowest BCUT2D eigenvalue weighted by atomic mass is 9.93. The fourth-order valence-corrected chi connectivity index (χ4v) is 3.42. The maximum absolute atomic E-state index is 12.4. The Hall–Kier alpha value is -2.12. The first-order chi connectivity index (χ1) is 11.5. The molecule has 0 spiro atoms. The highest BCUT2D eigenvalue weighted by Crippen LogP contribution is 2.21. The molecule has 3 heterocycles. The summed E-state index contributed by atoms with van der Waals surface area (Å²) in [5.74, 6) is 1.99. The van der Waals surface area contributed by atoms with E-state index in [-0.39, 0.29) is 18.0 Å². The van der Waals surface area contributed by atoms with Gasteiger partial charge in [0.05, 0.1) is 0 Å². The molecule has 2 fully saturated rings. The maximum atomic E-state index is 12.4. The summed E-state index contributed by atoms with van der Waals surface area (Å²) in [5.41, 5.74) is 0. The van der Waals surface area contributed by atoms with Gasteiger partial charge in [0.25, 0.3) is 0 Å². The first kappa shape index (κ1) is 16.7. The fraction of sp³-hybridized carbons (Fsp3) is 0.750. The van der Waals surface area contributed by atoms with Crippen molar-refractivity contribution in [3.8, 4) is 0 Å². The number of amides is 3. The van der Waals surface area contributed by atoms with Crippen LogP contribution in [0.1, 0.15) is 37.4 Å². The second-order valence-corrected chi connectivity index (χ2v) is 6.82. The van der Waals surface area contributed by atoms with Crippen molar-refractivity contribution in [3.05, 3.63) is 11.7 Å². The van der Waals surface area contributed by atoms with Crippen molar-refractivity contribution in [1.82, 2.24) is 25.3 Å². The number of carbonyl (C=O) groups excluding carboxylic acids is 2. The van der Waals surface area contributed by atoms with Crippen LogP contribution >= 0.6 is 0 Å². The summed E-state index contributed by atoms with van der Waals surface area (Å²) < 4.78 is 5.00. The second-order valence-electron chi connectivity index (χ2n) is 6.82. The van der Waals surface area contributed by atoms with Gasteiger partial charge in [-0.25, -0.2) is 4.79 Å². The van der Waals surface area contributed by atoms with Crippen molar-refractivity contribution in [1.29, 1.82) is 0 Å². The molecule has 1 aromatic heterocycles. The van der Waals surface area contributed by atoms with Gasteiger partial charge in [-0.05, 0) is 25.2 Å². The van der Waals surface area contributed by atoms with Crippen LogP contribution in [0.3, 0.4) is 0 Å². The first-order valence-electron chi connectivity index (χ1n) is 8.60. The number of aromatic nitrogens is 2. The highest BCUT2D eigenvalue weighted by molar-refractivity contribution is 5.78. The molecular formula is C16H25N5O3. The van der Waals surface area contributed by atoms with Crippen LogP contribution in [0.2, 0.25) is 0 Å². The number of aryl methyl sites for hydroxylation is 1. The average molecular weight is 335 g/mol. The molecule has 2 aliphatic rings. The van der Waals surface area contributed by atoms with Crippen molar-refractivity contribution in [2.24, 2.45) is 5.92 Å². The van der Waals surface area contributed by atoms with Crippen LogP contribution < -0.4 is 5.32 Å². The van der Waals surface area contributed by atoms with Crippen LogP contribution in [0.4, 0.5) is 4.79 Å². The lowest BCUT2D eigenvalue weighted by molar-refractivity contribution is -0.132. The summed E-state index contributed by atoms with van der Waals surface area (Å²) in [7, 11) is 1.78. The van der Waals surface area contributed by atoms with Crippen LogP contribution in [0.15, 0.2) is 4.52 Å². The summed E-state index contributed by atoms with van der Waals surface area (Å²) in [6.45, 7) is 3.88. The Balaban J connectivity index is 1.42. The van der Waals surface area contributed by atoms with E-state index < -0.39 is 0 Å². The zero-order valence-electron chi connectivity index (χ0n) is 14.3. The molecule has 0 radical (unpaired) electrons. The zero-order valence-corrected chi connectivity index (χ0v) is 14.3. The van der Waals surface area contributed by atoms with E-state index >= 15 is 0 Å². The lowest BCUT2D eigenvalue weighted by Gasteiger charge is -2.35. The number of likely N-dealkylation sites (N-methyl/N-ethyl adjacent to an activating group) is 1. The Kier molecular flexibility index (Phi) is 5.01. The molecule has 0 aliphatic carbocycles. The number of nitrogens with zero attached hydrogens (tertiary/aromatic N) is 4. The van der Waals surface area contributed by atoms with Gasteiger partial charge in [0.15, 0.2) is 5.82 Å². The Labute approximate surface area is 141 Å². The molecule has 1 aromatic rings. The van der Waals surface area contributed by atoms with E-state index in [9.17, 15) is 9.59 Å². The Morgan fingerprint density at radius 1 is 1.33 bits per heavy atom. The van der Waals surface area contributed by atoms with Gasteiger partial charge in [0.1, 0.15) is 0 Å². The third-order valence-electron chi connectivity index (χ3n) is 4.90. The van der Waals surface area contributed by atoms with Gasteiger partial charge in [-0.3, -0.25) is 4.79 Å². The molecule has 132 valence electrons. The highest BCUT2D eigenvalue weighted by atomic mass is 16.5. The number of rotatable bonds is 3. The van der Waals surface area contributed by atoms with Crippen LogP contribution in [-0.2, 0) is 11.2 Å². The summed E-state index contributed by atoms with van der Waals surface area (Å²) >= 11 is 0. The Morgan fingerprint density at radius 3 is 2.71 bits per heavy atom. The van der Waals surface area contributed by atoms with Crippen LogP contribution in [-0.4, -0.2) is 64.6 Å². The van der Waals surface area contributed by atoms with E-state index in [0.717, 1.165) is 44.6 Å². The molecule has 24 heavy (non-hydrogen) atoms. The molecule has 8 nitrogen and oxygen atoms in total. The van der Waals surface area contributed by atoms with E-state index in [1.54, 1.807) is 18.9 Å². The summed E-state index contributed by atoms with van der Waals surface area (Å²) in [4.78, 5) is 31.7. The van der Waals surface area contributed by atoms with E-state index in [1.165, 1.54) is 0 Å². The largest absolute Gasteiger partial charge is 0.344 e. The molecule has 0 bridgehead atoms. The molecule has 1 atom stereocenters. The monoisotopic (exact) mass is 335 g/mol. The van der Waals surface area contributed by atoms with Crippen molar-refractivity contribution < 1.29 is 14.1 Å². The van der Waals surface area contributed by atoms with Crippen LogP contribution in [0.5, 0.6) is 0 Å². The first-order valence-corrected chi connectivity index (χ1v) is 8.60. The second kappa shape index (κ2) is 7.19. The van der Waals surface area contributed by atoms with Crippen LogP contribution in [0.25, 0.3) is 0 Å². The molecule has 1 unspecified atom stereocenters. The molecule has 3 amide bonds. The minimum absolute atomic E-state index is 0.0170. The van der Waals surface area contributed by atoms with Gasteiger partial charge in [-0.15, -0.1) is 0 Å². The maximum Gasteiger partial charge on any atom is 0.317 e. The van der Waals surface area contributed by atoms with Crippen molar-refractivity contribution in [2.75, 3.05) is 26.7 Å². The number of nitrogens with one attached hydrogen (secondary N) is 1. The molecule has 0 saturated carbocycles. The molecule has 0 aromatic carbocycles. The number of carbonyl (C=O) groups is 2. The number of hydrogen-bond donors (Lipinski definition) is 1. The van der Waals surface area contributed by atoms with E-state index in [0.29, 0.717) is 24.8 Å². The van der Waals surface area contributed by atoms with E-state index in [4.69, 9.17) is 4.52 Å². The van der Waals surface area contributed by atoms with Gasteiger partial charge in [-0.1, -0.05) is 5.16 Å². The minimum atomic E-state index is -0.0170. The highest BCUT2D eigenvalue weighted by Gasteiger charge is 2.28. The number of hydrogen-bond acceptors (Lipinski definition) is 5. The Morgan fingerprint density at radius 2 is 2.08 bits per heavy atom. The van der Waals surface area contributed by atoms with E-state index in [2.05, 4.69) is 15.5 Å². The molecule has 2 aliphatic heterocycles. The molecule has 8 heteroatoms. The Bertz CT molecular complexity index is 594. The van der Waals surface area contributed by atoms with Gasteiger partial charge >= 0.3 is 6.03 Å². The summed E-state index contributed by atoms with van der Waals surface area (Å²) in [6, 6.07) is 0.0387. The lowest BCUT2D eigenvalue weighted by Crippen LogP contribution is -2.53. The summed E-state index contributed by atoms with van der Waals surface area (Å²) in [6.07, 6.45) is 3.94. The van der Waals surface area contributed by atoms with Crippen LogP contribution in [0, 0.1) is 12.8 Å². The van der Waals surface area contributed by atoms with Crippen molar-refractivity contribution >= 4 is 11.9 Å². The quantitative estimate of drug-likeness (QED) is 0.888. The molecular weight excluding hydrogens is 310 g/mol. The number of likely N-dealkylation sites (tertiary alicyclic amines) is 2. The predicted molar refractivity (Wildman–Crippen MR) is 86.2 cm³/mol. The van der Waals surface area contributed by atoms with Crippen molar-refractivity contribution in [2.45, 2.75) is 45.1 Å². The molecule has 2 saturated heterocycles. The van der Waals surface area contributed by atoms with Crippen molar-refractivity contribution in [3.63, 3.8) is 0 Å². The third-order valence-corrected chi connectivity index (χ3v) is 4.90. The summed E-state index contributed by atoms with van der Waals surface area (Å²) in [5, 5.41) is 7.00. The molecule has 1 N–H and O–H groups in total. The zero-order chi connectivity index (χ0) is 17.1. The topological polar surface area (TPSA) is 91.6 Å². The molecule has 3 rings (SSSR count). The van der Waals surface area contributed by atoms with Gasteiger partial charge in [0.2, 0.25) is 11.8 Å².